The molecule has 4 aromatic rings. The molecule has 0 saturated heterocycles. The fourth-order valence-electron chi connectivity index (χ4n) is 6.17. The minimum Gasteiger partial charge on any atom is -0.254 e. The van der Waals surface area contributed by atoms with E-state index >= 15 is 13.2 Å². The summed E-state index contributed by atoms with van der Waals surface area (Å²) in [5.74, 6) is -3.04. The van der Waals surface area contributed by atoms with Crippen LogP contribution in [0.2, 0.25) is 0 Å². The van der Waals surface area contributed by atoms with Gasteiger partial charge in [-0.1, -0.05) is 169 Å². The van der Waals surface area contributed by atoms with Gasteiger partial charge in [0.25, 0.3) is 5.92 Å². The average Bonchev–Trinajstić information content (AvgIpc) is 3.03. The second-order valence-electron chi connectivity index (χ2n) is 17.8. The zero-order valence-electron chi connectivity index (χ0n) is 33.3. The van der Waals surface area contributed by atoms with Crippen molar-refractivity contribution in [1.29, 1.82) is 0 Å². The number of benzene rings is 4. The van der Waals surface area contributed by atoms with Crippen LogP contribution in [0.5, 0.6) is 0 Å². The van der Waals surface area contributed by atoms with E-state index in [0.717, 1.165) is 39.8 Å². The third-order valence-electron chi connectivity index (χ3n) is 12.2. The molecule has 7 unspecified atom stereocenters. The topological polar surface area (TPSA) is 0 Å². The summed E-state index contributed by atoms with van der Waals surface area (Å²) in [7, 11) is 20.7. The van der Waals surface area contributed by atoms with E-state index in [1.54, 1.807) is 19.9 Å². The molecule has 54 heavy (non-hydrogen) atoms. The molecule has 10 heteroatoms. The van der Waals surface area contributed by atoms with E-state index in [4.69, 9.17) is 7.85 Å². The maximum atomic E-state index is 16.5. The molecular weight excluding hydrogens is 878 g/mol. The quantitative estimate of drug-likeness (QED) is 0.0511. The Balaban J connectivity index is 1.64. The molecule has 0 nitrogen and oxygen atoms in total. The van der Waals surface area contributed by atoms with Crippen molar-refractivity contribution in [2.75, 3.05) is 0 Å². The summed E-state index contributed by atoms with van der Waals surface area (Å²) in [5.41, 5.74) is 4.00. The van der Waals surface area contributed by atoms with Gasteiger partial charge in [0.2, 0.25) is 0 Å². The second-order valence-corrected chi connectivity index (χ2v) is 28.0. The molecule has 0 aliphatic carbocycles. The van der Waals surface area contributed by atoms with Gasteiger partial charge in [-0.15, -0.1) is 46.2 Å². The predicted molar refractivity (Wildman–Crippen MR) is 258 cm³/mol. The van der Waals surface area contributed by atoms with Gasteiger partial charge in [0, 0.05) is 19.9 Å². The lowest BCUT2D eigenvalue weighted by Crippen LogP contribution is -2.52. The number of hydrogen-bond acceptors (Lipinski definition) is 0. The molecule has 0 bridgehead atoms. The Kier molecular flexibility index (Phi) is 14.0. The van der Waals surface area contributed by atoms with Crippen molar-refractivity contribution in [1.82, 2.24) is 0 Å². The second kappa shape index (κ2) is 16.3. The van der Waals surface area contributed by atoms with Gasteiger partial charge < -0.3 is 0 Å². The zero-order chi connectivity index (χ0) is 40.9. The molecule has 0 amide bonds. The normalized spacial score (nSPS) is 15.8. The van der Waals surface area contributed by atoms with Gasteiger partial charge in [0.15, 0.2) is 0 Å². The fourth-order valence-corrected chi connectivity index (χ4v) is 7.39. The Morgan fingerprint density at radius 2 is 0.796 bits per heavy atom. The molecule has 0 aliphatic heterocycles. The van der Waals surface area contributed by atoms with Gasteiger partial charge in [-0.25, -0.2) is 8.78 Å². The number of hydrogen-bond donors (Lipinski definition) is 0. The molecule has 0 aromatic heterocycles. The molecule has 2 radical (unpaired) electrons. The van der Waals surface area contributed by atoms with E-state index < -0.39 is 39.1 Å². The molecule has 0 N–H and O–H groups in total. The van der Waals surface area contributed by atoms with Crippen LogP contribution >= 0.6 is 68.8 Å². The van der Waals surface area contributed by atoms with Crippen LogP contribution in [0.3, 0.4) is 0 Å². The minimum atomic E-state index is -3.04. The summed E-state index contributed by atoms with van der Waals surface area (Å²) in [4.78, 5) is -0.0351. The largest absolute Gasteiger partial charge is 0.257 e. The van der Waals surface area contributed by atoms with Gasteiger partial charge in [0.05, 0.1) is 5.57 Å². The van der Waals surface area contributed by atoms with E-state index in [1.165, 1.54) is 5.56 Å². The molecule has 4 rings (SSSR count). The van der Waals surface area contributed by atoms with Crippen LogP contribution < -0.4 is 0 Å². The Hall–Kier alpha value is -0.385. The molecule has 4 aromatic carbocycles. The molecular formula is C44H58BF3IP5. The summed E-state index contributed by atoms with van der Waals surface area (Å²) in [6.45, 7) is 16.6. The number of alkyl halides is 4. The third kappa shape index (κ3) is 10.2. The van der Waals surface area contributed by atoms with Gasteiger partial charge in [-0.3, -0.25) is 4.39 Å². The lowest BCUT2D eigenvalue weighted by molar-refractivity contribution is -0.117. The molecule has 0 aliphatic rings. The monoisotopic (exact) mass is 936 g/mol. The van der Waals surface area contributed by atoms with E-state index in [1.807, 2.05) is 77.9 Å². The van der Waals surface area contributed by atoms with Gasteiger partial charge in [0.1, 0.15) is 7.85 Å². The third-order valence-corrected chi connectivity index (χ3v) is 18.7. The Morgan fingerprint density at radius 1 is 0.463 bits per heavy atom. The standard InChI is InChI=1S/C44H58BF3IP5/c1-37(2,39(5,6)50)42(45,46)25-29-22-30(26-43(47,48)38(3,4)40(7,8)51)24-36(23-29)35-20-18-34(19-21-35)33-16-14-32(15-17-33)31-12-10-28(11-13-31)27-44(53,54)41(9,49)52/h10-24H,25-27,50-54H2,1-9H3. The summed E-state index contributed by atoms with van der Waals surface area (Å²) in [6.07, 6.45) is 0.341. The molecule has 0 spiro atoms. The van der Waals surface area contributed by atoms with Crippen molar-refractivity contribution in [2.24, 2.45) is 10.8 Å². The Labute approximate surface area is 350 Å². The number of rotatable bonds is 14. The van der Waals surface area contributed by atoms with Gasteiger partial charge in [-0.05, 0) is 85.6 Å². The van der Waals surface area contributed by atoms with E-state index in [9.17, 15) is 0 Å². The van der Waals surface area contributed by atoms with Crippen molar-refractivity contribution >= 4 is 76.6 Å². The van der Waals surface area contributed by atoms with Gasteiger partial charge in [-0.2, -0.15) is 0 Å². The van der Waals surface area contributed by atoms with Gasteiger partial charge >= 0.3 is 0 Å². The highest BCUT2D eigenvalue weighted by atomic mass is 127. The average molecular weight is 937 g/mol. The summed E-state index contributed by atoms with van der Waals surface area (Å²) in [5, 5.41) is -1.24. The van der Waals surface area contributed by atoms with Crippen LogP contribution in [0, 0.1) is 10.8 Å². The predicted octanol–water partition coefficient (Wildman–Crippen LogP) is 13.6. The summed E-state index contributed by atoms with van der Waals surface area (Å²) in [6, 6.07) is 30.8. The van der Waals surface area contributed by atoms with Crippen molar-refractivity contribution in [3.8, 4) is 33.4 Å². The van der Waals surface area contributed by atoms with Crippen LogP contribution in [0.1, 0.15) is 79.0 Å². The Morgan fingerprint density at radius 3 is 1.15 bits per heavy atom. The SMILES string of the molecule is [B]C(F)(Cc1cc(CC(F)(F)C(C)(C)C(C)(C)P)cc(-c2ccc(-c3ccc(-c4ccc(CC(P)(P)C(C)(P)I)cc4)cc3)cc2)c1)C(C)(C)C(C)(C)P. The van der Waals surface area contributed by atoms with Crippen molar-refractivity contribution in [2.45, 2.75) is 111 Å². The summed E-state index contributed by atoms with van der Waals surface area (Å²) >= 11 is 2.47. The first-order chi connectivity index (χ1) is 24.4. The van der Waals surface area contributed by atoms with Crippen LogP contribution in [-0.2, 0) is 19.3 Å². The van der Waals surface area contributed by atoms with Crippen molar-refractivity contribution in [3.05, 3.63) is 108 Å². The minimum absolute atomic E-state index is 0.0237. The molecule has 290 valence electrons. The van der Waals surface area contributed by atoms with Crippen molar-refractivity contribution < 1.29 is 13.2 Å². The fraction of sp³-hybridized carbons (Fsp3) is 0.455. The lowest BCUT2D eigenvalue weighted by atomic mass is 9.57. The van der Waals surface area contributed by atoms with Crippen LogP contribution in [0.25, 0.3) is 33.4 Å². The smallest absolute Gasteiger partial charge is 0.254 e. The summed E-state index contributed by atoms with van der Waals surface area (Å²) < 4.78 is 48.7. The van der Waals surface area contributed by atoms with E-state index in [0.29, 0.717) is 11.1 Å². The molecule has 7 atom stereocenters. The highest BCUT2D eigenvalue weighted by molar-refractivity contribution is 14.1. The van der Waals surface area contributed by atoms with E-state index in [2.05, 4.69) is 124 Å². The molecule has 0 saturated carbocycles. The maximum Gasteiger partial charge on any atom is 0.257 e. The first kappa shape index (κ1) is 46.3. The highest BCUT2D eigenvalue weighted by Crippen LogP contribution is 2.52. The highest BCUT2D eigenvalue weighted by Gasteiger charge is 2.53. The maximum absolute atomic E-state index is 16.5. The molecule has 0 heterocycles. The Bertz CT molecular complexity index is 1840. The first-order valence-corrected chi connectivity index (χ1v) is 22.3. The molecule has 0 fully saturated rings. The van der Waals surface area contributed by atoms with Crippen LogP contribution in [0.15, 0.2) is 91.0 Å². The number of halogens is 4. The first-order valence-electron chi connectivity index (χ1n) is 18.3. The van der Waals surface area contributed by atoms with Crippen LogP contribution in [-0.4, -0.2) is 37.7 Å². The lowest BCUT2D eigenvalue weighted by Gasteiger charge is -2.48. The van der Waals surface area contributed by atoms with Crippen LogP contribution in [0.4, 0.5) is 13.2 Å². The van der Waals surface area contributed by atoms with Crippen molar-refractivity contribution in [3.63, 3.8) is 0 Å². The zero-order valence-corrected chi connectivity index (χ0v) is 41.2. The van der Waals surface area contributed by atoms with E-state index in [-0.39, 0.29) is 14.5 Å².